The standard InChI is InChI=1S/C12H15FO3/c1-6(2)11(12(15)16)8-4-9(13)7(3)10(14)5-8/h4-6,11,14H,1-3H3,(H,15,16). The van der Waals surface area contributed by atoms with Crippen LogP contribution in [0.3, 0.4) is 0 Å². The van der Waals surface area contributed by atoms with Crippen LogP contribution in [0, 0.1) is 18.7 Å². The summed E-state index contributed by atoms with van der Waals surface area (Å²) in [5, 5.41) is 18.5. The van der Waals surface area contributed by atoms with Crippen LogP contribution in [0.15, 0.2) is 12.1 Å². The van der Waals surface area contributed by atoms with Gasteiger partial charge in [0.15, 0.2) is 0 Å². The topological polar surface area (TPSA) is 57.5 Å². The molecule has 1 aromatic carbocycles. The molecule has 0 radical (unpaired) electrons. The van der Waals surface area contributed by atoms with Crippen molar-refractivity contribution in [3.8, 4) is 5.75 Å². The molecule has 16 heavy (non-hydrogen) atoms. The van der Waals surface area contributed by atoms with Gasteiger partial charge < -0.3 is 10.2 Å². The number of aromatic hydroxyl groups is 1. The number of carboxylic acids is 1. The maximum absolute atomic E-state index is 13.4. The summed E-state index contributed by atoms with van der Waals surface area (Å²) in [6.07, 6.45) is 0. The first kappa shape index (κ1) is 12.5. The molecular weight excluding hydrogens is 211 g/mol. The second-order valence-corrected chi connectivity index (χ2v) is 4.21. The van der Waals surface area contributed by atoms with Crippen LogP contribution in [0.25, 0.3) is 0 Å². The van der Waals surface area contributed by atoms with Gasteiger partial charge in [0.1, 0.15) is 11.6 Å². The molecule has 0 aromatic heterocycles. The predicted octanol–water partition coefficient (Wildman–Crippen LogP) is 2.66. The normalized spacial score (nSPS) is 12.8. The second kappa shape index (κ2) is 4.51. The van der Waals surface area contributed by atoms with Crippen LogP contribution in [0.5, 0.6) is 5.75 Å². The molecule has 0 aliphatic rings. The Morgan fingerprint density at radius 3 is 2.31 bits per heavy atom. The van der Waals surface area contributed by atoms with Gasteiger partial charge >= 0.3 is 5.97 Å². The first-order valence-corrected chi connectivity index (χ1v) is 5.06. The van der Waals surface area contributed by atoms with Gasteiger partial charge in [0.2, 0.25) is 0 Å². The molecule has 0 saturated heterocycles. The number of rotatable bonds is 3. The quantitative estimate of drug-likeness (QED) is 0.833. The summed E-state index contributed by atoms with van der Waals surface area (Å²) in [7, 11) is 0. The molecule has 1 atom stereocenters. The minimum Gasteiger partial charge on any atom is -0.508 e. The molecule has 3 nitrogen and oxygen atoms in total. The summed E-state index contributed by atoms with van der Waals surface area (Å²) in [5.41, 5.74) is 0.430. The Kier molecular flexibility index (Phi) is 3.52. The Morgan fingerprint density at radius 2 is 1.94 bits per heavy atom. The molecule has 0 spiro atoms. The van der Waals surface area contributed by atoms with Crippen molar-refractivity contribution >= 4 is 5.97 Å². The predicted molar refractivity (Wildman–Crippen MR) is 58.0 cm³/mol. The lowest BCUT2D eigenvalue weighted by molar-refractivity contribution is -0.139. The van der Waals surface area contributed by atoms with Crippen molar-refractivity contribution in [1.29, 1.82) is 0 Å². The van der Waals surface area contributed by atoms with Crippen molar-refractivity contribution in [2.75, 3.05) is 0 Å². The van der Waals surface area contributed by atoms with Crippen LogP contribution < -0.4 is 0 Å². The summed E-state index contributed by atoms with van der Waals surface area (Å²) in [4.78, 5) is 11.0. The van der Waals surface area contributed by atoms with E-state index in [-0.39, 0.29) is 17.2 Å². The zero-order chi connectivity index (χ0) is 12.5. The Hall–Kier alpha value is -1.58. The number of carbonyl (C=O) groups is 1. The van der Waals surface area contributed by atoms with Gasteiger partial charge in [-0.3, -0.25) is 4.79 Å². The fourth-order valence-electron chi connectivity index (χ4n) is 1.68. The lowest BCUT2D eigenvalue weighted by atomic mass is 9.88. The van der Waals surface area contributed by atoms with Crippen LogP contribution in [0.2, 0.25) is 0 Å². The average Bonchev–Trinajstić information content (AvgIpc) is 2.12. The van der Waals surface area contributed by atoms with Crippen LogP contribution in [-0.2, 0) is 4.79 Å². The molecule has 1 rings (SSSR count). The highest BCUT2D eigenvalue weighted by molar-refractivity contribution is 5.76. The largest absolute Gasteiger partial charge is 0.508 e. The Bertz CT molecular complexity index is 390. The molecule has 0 heterocycles. The molecular formula is C12H15FO3. The third-order valence-corrected chi connectivity index (χ3v) is 2.63. The number of carboxylic acid groups (broad SMARTS) is 1. The molecule has 0 aliphatic heterocycles. The summed E-state index contributed by atoms with van der Waals surface area (Å²) >= 11 is 0. The maximum Gasteiger partial charge on any atom is 0.311 e. The highest BCUT2D eigenvalue weighted by Gasteiger charge is 2.25. The summed E-state index contributed by atoms with van der Waals surface area (Å²) in [5.74, 6) is -2.78. The van der Waals surface area contributed by atoms with Crippen molar-refractivity contribution in [1.82, 2.24) is 0 Å². The van der Waals surface area contributed by atoms with E-state index in [1.54, 1.807) is 13.8 Å². The van der Waals surface area contributed by atoms with Crippen LogP contribution in [0.1, 0.15) is 30.9 Å². The van der Waals surface area contributed by atoms with E-state index in [0.29, 0.717) is 5.56 Å². The number of phenolic OH excluding ortho intramolecular Hbond substituents is 1. The average molecular weight is 226 g/mol. The van der Waals surface area contributed by atoms with E-state index < -0.39 is 17.7 Å². The molecule has 1 unspecified atom stereocenters. The first-order valence-electron chi connectivity index (χ1n) is 5.06. The van der Waals surface area contributed by atoms with Gasteiger partial charge in [0.25, 0.3) is 0 Å². The van der Waals surface area contributed by atoms with Gasteiger partial charge in [0.05, 0.1) is 5.92 Å². The fraction of sp³-hybridized carbons (Fsp3) is 0.417. The Morgan fingerprint density at radius 1 is 1.38 bits per heavy atom. The molecule has 0 fully saturated rings. The monoisotopic (exact) mass is 226 g/mol. The van der Waals surface area contributed by atoms with Gasteiger partial charge in [0, 0.05) is 5.56 Å². The second-order valence-electron chi connectivity index (χ2n) is 4.21. The molecule has 0 saturated carbocycles. The molecule has 2 N–H and O–H groups in total. The van der Waals surface area contributed by atoms with E-state index in [1.165, 1.54) is 19.1 Å². The SMILES string of the molecule is Cc1c(O)cc(C(C(=O)O)C(C)C)cc1F. The number of halogens is 1. The smallest absolute Gasteiger partial charge is 0.311 e. The summed E-state index contributed by atoms with van der Waals surface area (Å²) in [6, 6.07) is 2.49. The zero-order valence-electron chi connectivity index (χ0n) is 9.49. The lowest BCUT2D eigenvalue weighted by Crippen LogP contribution is -2.17. The van der Waals surface area contributed by atoms with E-state index >= 15 is 0 Å². The minimum absolute atomic E-state index is 0.136. The van der Waals surface area contributed by atoms with Crippen LogP contribution in [0.4, 0.5) is 4.39 Å². The molecule has 1 aromatic rings. The van der Waals surface area contributed by atoms with E-state index in [2.05, 4.69) is 0 Å². The maximum atomic E-state index is 13.4. The van der Waals surface area contributed by atoms with Crippen molar-refractivity contribution in [2.24, 2.45) is 5.92 Å². The van der Waals surface area contributed by atoms with Gasteiger partial charge in [-0.15, -0.1) is 0 Å². The Labute approximate surface area is 93.5 Å². The highest BCUT2D eigenvalue weighted by atomic mass is 19.1. The summed E-state index contributed by atoms with van der Waals surface area (Å²) in [6.45, 7) is 4.93. The number of hydrogen-bond acceptors (Lipinski definition) is 2. The van der Waals surface area contributed by atoms with E-state index in [1.807, 2.05) is 0 Å². The molecule has 0 amide bonds. The fourth-order valence-corrected chi connectivity index (χ4v) is 1.68. The number of benzene rings is 1. The molecule has 88 valence electrons. The van der Waals surface area contributed by atoms with Crippen LogP contribution >= 0.6 is 0 Å². The molecule has 0 bridgehead atoms. The van der Waals surface area contributed by atoms with Crippen molar-refractivity contribution in [2.45, 2.75) is 26.7 Å². The van der Waals surface area contributed by atoms with Crippen LogP contribution in [-0.4, -0.2) is 16.2 Å². The lowest BCUT2D eigenvalue weighted by Gasteiger charge is -2.17. The zero-order valence-corrected chi connectivity index (χ0v) is 9.49. The first-order chi connectivity index (χ1) is 7.34. The van der Waals surface area contributed by atoms with Gasteiger partial charge in [-0.1, -0.05) is 13.8 Å². The van der Waals surface area contributed by atoms with E-state index in [0.717, 1.165) is 0 Å². The highest BCUT2D eigenvalue weighted by Crippen LogP contribution is 2.30. The van der Waals surface area contributed by atoms with E-state index in [9.17, 15) is 14.3 Å². The molecule has 0 aliphatic carbocycles. The third-order valence-electron chi connectivity index (χ3n) is 2.63. The minimum atomic E-state index is -1.02. The van der Waals surface area contributed by atoms with Crippen molar-refractivity contribution < 1.29 is 19.4 Å². The number of phenols is 1. The Balaban J connectivity index is 3.26. The van der Waals surface area contributed by atoms with E-state index in [4.69, 9.17) is 5.11 Å². The number of aliphatic carboxylic acids is 1. The third kappa shape index (κ3) is 2.32. The summed E-state index contributed by atoms with van der Waals surface area (Å²) < 4.78 is 13.4. The number of hydrogen-bond donors (Lipinski definition) is 2. The van der Waals surface area contributed by atoms with Crippen molar-refractivity contribution in [3.63, 3.8) is 0 Å². The van der Waals surface area contributed by atoms with Gasteiger partial charge in [-0.2, -0.15) is 0 Å². The van der Waals surface area contributed by atoms with Gasteiger partial charge in [-0.05, 0) is 30.5 Å². The van der Waals surface area contributed by atoms with Gasteiger partial charge in [-0.25, -0.2) is 4.39 Å². The molecule has 4 heteroatoms. The van der Waals surface area contributed by atoms with Crippen molar-refractivity contribution in [3.05, 3.63) is 29.1 Å².